The second-order valence-electron chi connectivity index (χ2n) is 6.58. The Morgan fingerprint density at radius 1 is 1.04 bits per heavy atom. The highest BCUT2D eigenvalue weighted by molar-refractivity contribution is 5.57. The SMILES string of the molecule is CCN1CCN(C(C)CNCc2ccc(-c3ccccc3)o2)CC1. The van der Waals surface area contributed by atoms with Crippen molar-refractivity contribution in [3.8, 4) is 11.3 Å². The highest BCUT2D eigenvalue weighted by Crippen LogP contribution is 2.21. The lowest BCUT2D eigenvalue weighted by Crippen LogP contribution is -2.51. The molecule has 1 fully saturated rings. The van der Waals surface area contributed by atoms with Crippen LogP contribution in [0.1, 0.15) is 19.6 Å². The molecular formula is C20H29N3O. The number of piperazine rings is 1. The number of rotatable bonds is 7. The first kappa shape index (κ1) is 17.2. The maximum absolute atomic E-state index is 5.94. The normalized spacial score (nSPS) is 17.9. The topological polar surface area (TPSA) is 31.6 Å². The molecular weight excluding hydrogens is 298 g/mol. The third kappa shape index (κ3) is 4.47. The Kier molecular flexibility index (Phi) is 6.07. The first-order chi connectivity index (χ1) is 11.8. The molecule has 0 radical (unpaired) electrons. The van der Waals surface area contributed by atoms with Gasteiger partial charge in [0, 0.05) is 44.3 Å². The molecule has 2 heterocycles. The van der Waals surface area contributed by atoms with E-state index in [1.165, 1.54) is 32.7 Å². The second-order valence-corrected chi connectivity index (χ2v) is 6.58. The summed E-state index contributed by atoms with van der Waals surface area (Å²) in [4.78, 5) is 5.10. The molecule has 1 aliphatic heterocycles. The Hall–Kier alpha value is -1.62. The van der Waals surface area contributed by atoms with Crippen molar-refractivity contribution in [1.29, 1.82) is 0 Å². The van der Waals surface area contributed by atoms with E-state index < -0.39 is 0 Å². The Morgan fingerprint density at radius 3 is 2.50 bits per heavy atom. The molecule has 0 spiro atoms. The summed E-state index contributed by atoms with van der Waals surface area (Å²) in [6.45, 7) is 12.2. The van der Waals surface area contributed by atoms with E-state index in [9.17, 15) is 0 Å². The molecule has 1 atom stereocenters. The van der Waals surface area contributed by atoms with Gasteiger partial charge in [-0.3, -0.25) is 4.90 Å². The molecule has 3 rings (SSSR count). The maximum Gasteiger partial charge on any atom is 0.134 e. The van der Waals surface area contributed by atoms with E-state index in [1.54, 1.807) is 0 Å². The summed E-state index contributed by atoms with van der Waals surface area (Å²) in [5.41, 5.74) is 1.13. The van der Waals surface area contributed by atoms with E-state index in [0.29, 0.717) is 6.04 Å². The van der Waals surface area contributed by atoms with Crippen molar-refractivity contribution in [1.82, 2.24) is 15.1 Å². The molecule has 2 aromatic rings. The van der Waals surface area contributed by atoms with Crippen LogP contribution in [-0.4, -0.2) is 55.1 Å². The average Bonchev–Trinajstić information content (AvgIpc) is 3.11. The van der Waals surface area contributed by atoms with Crippen molar-refractivity contribution in [3.05, 3.63) is 48.2 Å². The zero-order valence-corrected chi connectivity index (χ0v) is 14.9. The summed E-state index contributed by atoms with van der Waals surface area (Å²) in [6, 6.07) is 14.9. The van der Waals surface area contributed by atoms with Gasteiger partial charge >= 0.3 is 0 Å². The van der Waals surface area contributed by atoms with Gasteiger partial charge in [0.2, 0.25) is 0 Å². The number of nitrogens with one attached hydrogen (secondary N) is 1. The lowest BCUT2D eigenvalue weighted by atomic mass is 10.2. The van der Waals surface area contributed by atoms with Gasteiger partial charge in [-0.05, 0) is 25.6 Å². The Labute approximate surface area is 145 Å². The van der Waals surface area contributed by atoms with Crippen molar-refractivity contribution in [3.63, 3.8) is 0 Å². The highest BCUT2D eigenvalue weighted by Gasteiger charge is 2.19. The van der Waals surface area contributed by atoms with E-state index in [2.05, 4.69) is 53.2 Å². The molecule has 1 unspecified atom stereocenters. The molecule has 4 heteroatoms. The van der Waals surface area contributed by atoms with Crippen LogP contribution in [-0.2, 0) is 6.54 Å². The third-order valence-electron chi connectivity index (χ3n) is 4.94. The summed E-state index contributed by atoms with van der Waals surface area (Å²) < 4.78 is 5.94. The van der Waals surface area contributed by atoms with Crippen LogP contribution in [0.2, 0.25) is 0 Å². The van der Waals surface area contributed by atoms with Crippen molar-refractivity contribution in [2.24, 2.45) is 0 Å². The van der Waals surface area contributed by atoms with Crippen LogP contribution >= 0.6 is 0 Å². The van der Waals surface area contributed by atoms with Crippen LogP contribution in [0.5, 0.6) is 0 Å². The largest absolute Gasteiger partial charge is 0.460 e. The van der Waals surface area contributed by atoms with Gasteiger partial charge in [-0.15, -0.1) is 0 Å². The standard InChI is InChI=1S/C20H29N3O/c1-3-22-11-13-23(14-12-22)17(2)15-21-16-19-9-10-20(24-19)18-7-5-4-6-8-18/h4-10,17,21H,3,11-16H2,1-2H3. The summed E-state index contributed by atoms with van der Waals surface area (Å²) >= 11 is 0. The van der Waals surface area contributed by atoms with E-state index in [1.807, 2.05) is 18.2 Å². The minimum absolute atomic E-state index is 0.563. The number of furan rings is 1. The minimum atomic E-state index is 0.563. The smallest absolute Gasteiger partial charge is 0.134 e. The van der Waals surface area contributed by atoms with Gasteiger partial charge in [-0.25, -0.2) is 0 Å². The number of benzene rings is 1. The Bertz CT molecular complexity index is 602. The van der Waals surface area contributed by atoms with Crippen LogP contribution in [0, 0.1) is 0 Å². The first-order valence-corrected chi connectivity index (χ1v) is 9.07. The van der Waals surface area contributed by atoms with E-state index in [0.717, 1.165) is 30.2 Å². The number of likely N-dealkylation sites (N-methyl/N-ethyl adjacent to an activating group) is 1. The van der Waals surface area contributed by atoms with E-state index in [4.69, 9.17) is 4.42 Å². The first-order valence-electron chi connectivity index (χ1n) is 9.07. The summed E-state index contributed by atoms with van der Waals surface area (Å²) in [5, 5.41) is 3.54. The summed E-state index contributed by atoms with van der Waals surface area (Å²) in [7, 11) is 0. The van der Waals surface area contributed by atoms with Crippen molar-refractivity contribution in [2.45, 2.75) is 26.4 Å². The third-order valence-corrected chi connectivity index (χ3v) is 4.94. The molecule has 0 amide bonds. The monoisotopic (exact) mass is 327 g/mol. The fraction of sp³-hybridized carbons (Fsp3) is 0.500. The Balaban J connectivity index is 1.43. The number of hydrogen-bond donors (Lipinski definition) is 1. The number of nitrogens with zero attached hydrogens (tertiary/aromatic N) is 2. The molecule has 1 saturated heterocycles. The molecule has 0 saturated carbocycles. The Morgan fingerprint density at radius 2 is 1.79 bits per heavy atom. The van der Waals surface area contributed by atoms with Gasteiger partial charge in [0.25, 0.3) is 0 Å². The van der Waals surface area contributed by atoms with Crippen molar-refractivity contribution in [2.75, 3.05) is 39.3 Å². The van der Waals surface area contributed by atoms with Gasteiger partial charge in [0.1, 0.15) is 11.5 Å². The van der Waals surface area contributed by atoms with Crippen LogP contribution in [0.25, 0.3) is 11.3 Å². The highest BCUT2D eigenvalue weighted by atomic mass is 16.3. The number of hydrogen-bond acceptors (Lipinski definition) is 4. The predicted molar refractivity (Wildman–Crippen MR) is 99.0 cm³/mol. The van der Waals surface area contributed by atoms with Crippen molar-refractivity contribution >= 4 is 0 Å². The summed E-state index contributed by atoms with van der Waals surface area (Å²) in [6.07, 6.45) is 0. The fourth-order valence-corrected chi connectivity index (χ4v) is 3.28. The molecule has 1 aromatic carbocycles. The van der Waals surface area contributed by atoms with Gasteiger partial charge in [0.15, 0.2) is 0 Å². The minimum Gasteiger partial charge on any atom is -0.460 e. The predicted octanol–water partition coefficient (Wildman–Crippen LogP) is 3.06. The fourth-order valence-electron chi connectivity index (χ4n) is 3.28. The van der Waals surface area contributed by atoms with Gasteiger partial charge in [-0.1, -0.05) is 37.3 Å². The molecule has 0 aliphatic carbocycles. The van der Waals surface area contributed by atoms with E-state index >= 15 is 0 Å². The van der Waals surface area contributed by atoms with Crippen molar-refractivity contribution < 1.29 is 4.42 Å². The molecule has 1 aliphatic rings. The van der Waals surface area contributed by atoms with Gasteiger partial charge in [-0.2, -0.15) is 0 Å². The zero-order valence-electron chi connectivity index (χ0n) is 14.9. The second kappa shape index (κ2) is 8.47. The van der Waals surface area contributed by atoms with Gasteiger partial charge < -0.3 is 14.6 Å². The van der Waals surface area contributed by atoms with Crippen LogP contribution in [0.4, 0.5) is 0 Å². The summed E-state index contributed by atoms with van der Waals surface area (Å²) in [5.74, 6) is 1.94. The molecule has 130 valence electrons. The lowest BCUT2D eigenvalue weighted by molar-refractivity contribution is 0.105. The average molecular weight is 327 g/mol. The molecule has 24 heavy (non-hydrogen) atoms. The van der Waals surface area contributed by atoms with Crippen LogP contribution in [0.3, 0.4) is 0 Å². The van der Waals surface area contributed by atoms with Crippen LogP contribution < -0.4 is 5.32 Å². The molecule has 1 N–H and O–H groups in total. The molecule has 0 bridgehead atoms. The lowest BCUT2D eigenvalue weighted by Gasteiger charge is -2.37. The van der Waals surface area contributed by atoms with Gasteiger partial charge in [0.05, 0.1) is 6.54 Å². The maximum atomic E-state index is 5.94. The zero-order chi connectivity index (χ0) is 16.8. The quantitative estimate of drug-likeness (QED) is 0.847. The van der Waals surface area contributed by atoms with E-state index in [-0.39, 0.29) is 0 Å². The van der Waals surface area contributed by atoms with Crippen LogP contribution in [0.15, 0.2) is 46.9 Å². The molecule has 1 aromatic heterocycles. The molecule has 4 nitrogen and oxygen atoms in total.